The standard InChI is InChI=1S/C13H7ClF3NO3/c14-11-6-8(12(19)20)5-10(18-11)7-1-3-9(4-2-7)21-13(15,16)17/h1-6H,(H,19,20). The molecule has 2 rings (SSSR count). The third-order valence-electron chi connectivity index (χ3n) is 2.42. The largest absolute Gasteiger partial charge is 0.573 e. The van der Waals surface area contributed by atoms with Crippen molar-refractivity contribution in [3.63, 3.8) is 0 Å². The van der Waals surface area contributed by atoms with Gasteiger partial charge in [0.05, 0.1) is 11.3 Å². The number of carboxylic acid groups (broad SMARTS) is 1. The van der Waals surface area contributed by atoms with E-state index < -0.39 is 12.3 Å². The summed E-state index contributed by atoms with van der Waals surface area (Å²) in [6.45, 7) is 0. The molecule has 1 aromatic heterocycles. The second-order valence-corrected chi connectivity index (χ2v) is 4.33. The second-order valence-electron chi connectivity index (χ2n) is 3.94. The van der Waals surface area contributed by atoms with Crippen molar-refractivity contribution in [2.75, 3.05) is 0 Å². The molecule has 0 amide bonds. The van der Waals surface area contributed by atoms with E-state index in [4.69, 9.17) is 16.7 Å². The maximum atomic E-state index is 12.0. The summed E-state index contributed by atoms with van der Waals surface area (Å²) in [6.07, 6.45) is -4.77. The van der Waals surface area contributed by atoms with Crippen molar-refractivity contribution in [3.05, 3.63) is 47.1 Å². The van der Waals surface area contributed by atoms with Crippen LogP contribution in [0.25, 0.3) is 11.3 Å². The van der Waals surface area contributed by atoms with Crippen LogP contribution in [0.15, 0.2) is 36.4 Å². The first-order valence-electron chi connectivity index (χ1n) is 5.52. The summed E-state index contributed by atoms with van der Waals surface area (Å²) in [7, 11) is 0. The number of nitrogens with zero attached hydrogens (tertiary/aromatic N) is 1. The predicted molar refractivity (Wildman–Crippen MR) is 68.3 cm³/mol. The van der Waals surface area contributed by atoms with Crippen molar-refractivity contribution in [1.82, 2.24) is 4.98 Å². The molecule has 8 heteroatoms. The minimum atomic E-state index is -4.77. The molecule has 110 valence electrons. The molecule has 0 saturated heterocycles. The summed E-state index contributed by atoms with van der Waals surface area (Å²) in [5, 5.41) is 8.89. The highest BCUT2D eigenvalue weighted by atomic mass is 35.5. The first kappa shape index (κ1) is 15.1. The molecule has 0 radical (unpaired) electrons. The van der Waals surface area contributed by atoms with Crippen molar-refractivity contribution < 1.29 is 27.8 Å². The van der Waals surface area contributed by atoms with Crippen LogP contribution in [0.2, 0.25) is 5.15 Å². The van der Waals surface area contributed by atoms with Crippen LogP contribution in [0.3, 0.4) is 0 Å². The Labute approximate surface area is 121 Å². The third-order valence-corrected chi connectivity index (χ3v) is 2.62. The first-order chi connectivity index (χ1) is 9.74. The Morgan fingerprint density at radius 1 is 1.19 bits per heavy atom. The van der Waals surface area contributed by atoms with Gasteiger partial charge in [0.1, 0.15) is 10.9 Å². The highest BCUT2D eigenvalue weighted by Crippen LogP contribution is 2.27. The molecule has 1 N–H and O–H groups in total. The molecule has 0 spiro atoms. The number of rotatable bonds is 3. The molecule has 1 heterocycles. The topological polar surface area (TPSA) is 59.4 Å². The van der Waals surface area contributed by atoms with Gasteiger partial charge in [0.2, 0.25) is 0 Å². The normalized spacial score (nSPS) is 11.2. The van der Waals surface area contributed by atoms with Crippen LogP contribution in [-0.2, 0) is 0 Å². The average molecular weight is 318 g/mol. The van der Waals surface area contributed by atoms with Gasteiger partial charge in [0, 0.05) is 5.56 Å². The number of hydrogen-bond donors (Lipinski definition) is 1. The fourth-order valence-corrected chi connectivity index (χ4v) is 1.80. The fourth-order valence-electron chi connectivity index (χ4n) is 1.60. The molecule has 1 aromatic carbocycles. The molecule has 0 bridgehead atoms. The summed E-state index contributed by atoms with van der Waals surface area (Å²) in [5.74, 6) is -1.57. The molecule has 0 aliphatic heterocycles. The van der Waals surface area contributed by atoms with Gasteiger partial charge in [0.25, 0.3) is 0 Å². The monoisotopic (exact) mass is 317 g/mol. The highest BCUT2D eigenvalue weighted by Gasteiger charge is 2.30. The van der Waals surface area contributed by atoms with Gasteiger partial charge in [-0.3, -0.25) is 0 Å². The van der Waals surface area contributed by atoms with Gasteiger partial charge in [-0.2, -0.15) is 0 Å². The highest BCUT2D eigenvalue weighted by molar-refractivity contribution is 6.29. The van der Waals surface area contributed by atoms with Crippen LogP contribution >= 0.6 is 11.6 Å². The van der Waals surface area contributed by atoms with Crippen LogP contribution < -0.4 is 4.74 Å². The lowest BCUT2D eigenvalue weighted by atomic mass is 10.1. The molecule has 0 atom stereocenters. The van der Waals surface area contributed by atoms with E-state index in [9.17, 15) is 18.0 Å². The van der Waals surface area contributed by atoms with Crippen molar-refractivity contribution in [1.29, 1.82) is 0 Å². The number of carboxylic acids is 1. The second kappa shape index (κ2) is 5.61. The van der Waals surface area contributed by atoms with E-state index in [1.165, 1.54) is 24.3 Å². The molecule has 2 aromatic rings. The molecule has 0 fully saturated rings. The number of ether oxygens (including phenoxy) is 1. The SMILES string of the molecule is O=C(O)c1cc(Cl)nc(-c2ccc(OC(F)(F)F)cc2)c1. The van der Waals surface area contributed by atoms with Crippen molar-refractivity contribution in [2.45, 2.75) is 6.36 Å². The van der Waals surface area contributed by atoms with E-state index in [-0.39, 0.29) is 22.2 Å². The lowest BCUT2D eigenvalue weighted by Gasteiger charge is -2.09. The molecule has 4 nitrogen and oxygen atoms in total. The zero-order valence-electron chi connectivity index (χ0n) is 10.2. The van der Waals surface area contributed by atoms with Crippen LogP contribution in [0.1, 0.15) is 10.4 Å². The summed E-state index contributed by atoms with van der Waals surface area (Å²) < 4.78 is 39.9. The zero-order valence-corrected chi connectivity index (χ0v) is 10.9. The van der Waals surface area contributed by atoms with E-state index in [1.54, 1.807) is 0 Å². The van der Waals surface area contributed by atoms with Gasteiger partial charge in [-0.25, -0.2) is 9.78 Å². The zero-order chi connectivity index (χ0) is 15.6. The van der Waals surface area contributed by atoms with Crippen molar-refractivity contribution >= 4 is 17.6 Å². The van der Waals surface area contributed by atoms with Gasteiger partial charge in [-0.05, 0) is 36.4 Å². The smallest absolute Gasteiger partial charge is 0.478 e. The number of carbonyl (C=O) groups is 1. The Morgan fingerprint density at radius 2 is 1.81 bits per heavy atom. The summed E-state index contributed by atoms with van der Waals surface area (Å²) in [5.41, 5.74) is 0.577. The Balaban J connectivity index is 2.32. The third kappa shape index (κ3) is 4.09. The quantitative estimate of drug-likeness (QED) is 0.869. The minimum Gasteiger partial charge on any atom is -0.478 e. The summed E-state index contributed by atoms with van der Waals surface area (Å²) >= 11 is 5.71. The molecule has 0 aliphatic rings. The van der Waals surface area contributed by atoms with E-state index >= 15 is 0 Å². The Kier molecular flexibility index (Phi) is 4.04. The first-order valence-corrected chi connectivity index (χ1v) is 5.89. The van der Waals surface area contributed by atoms with Gasteiger partial charge in [-0.1, -0.05) is 11.6 Å². The molecular formula is C13H7ClF3NO3. The Bertz CT molecular complexity index is 671. The number of aromatic nitrogens is 1. The number of halogens is 4. The maximum absolute atomic E-state index is 12.0. The maximum Gasteiger partial charge on any atom is 0.573 e. The van der Waals surface area contributed by atoms with Gasteiger partial charge < -0.3 is 9.84 Å². The van der Waals surface area contributed by atoms with Crippen molar-refractivity contribution in [3.8, 4) is 17.0 Å². The van der Waals surface area contributed by atoms with E-state index in [2.05, 4.69) is 9.72 Å². The Hall–Kier alpha value is -2.28. The predicted octanol–water partition coefficient (Wildman–Crippen LogP) is 4.00. The van der Waals surface area contributed by atoms with Crippen molar-refractivity contribution in [2.24, 2.45) is 0 Å². The van der Waals surface area contributed by atoms with Gasteiger partial charge in [-0.15, -0.1) is 13.2 Å². The van der Waals surface area contributed by atoms with E-state index in [1.807, 2.05) is 0 Å². The number of pyridine rings is 1. The lowest BCUT2D eigenvalue weighted by molar-refractivity contribution is -0.274. The molecular weight excluding hydrogens is 311 g/mol. The average Bonchev–Trinajstić information content (AvgIpc) is 2.37. The molecule has 21 heavy (non-hydrogen) atoms. The number of alkyl halides is 3. The van der Waals surface area contributed by atoms with Crippen LogP contribution in [-0.4, -0.2) is 22.4 Å². The number of aromatic carboxylic acids is 1. The van der Waals surface area contributed by atoms with Crippen LogP contribution in [0.4, 0.5) is 13.2 Å². The summed E-state index contributed by atoms with van der Waals surface area (Å²) in [6, 6.07) is 7.30. The van der Waals surface area contributed by atoms with Gasteiger partial charge in [0.15, 0.2) is 0 Å². The molecule has 0 unspecified atom stereocenters. The fraction of sp³-hybridized carbons (Fsp3) is 0.0769. The van der Waals surface area contributed by atoms with Crippen LogP contribution in [0, 0.1) is 0 Å². The molecule has 0 saturated carbocycles. The number of benzene rings is 1. The minimum absolute atomic E-state index is 0.0273. The lowest BCUT2D eigenvalue weighted by Crippen LogP contribution is -2.16. The van der Waals surface area contributed by atoms with Crippen LogP contribution in [0.5, 0.6) is 5.75 Å². The van der Waals surface area contributed by atoms with Gasteiger partial charge >= 0.3 is 12.3 Å². The van der Waals surface area contributed by atoms with E-state index in [0.29, 0.717) is 5.56 Å². The number of hydrogen-bond acceptors (Lipinski definition) is 3. The van der Waals surface area contributed by atoms with E-state index in [0.717, 1.165) is 12.1 Å². The molecule has 0 aliphatic carbocycles. The Morgan fingerprint density at radius 3 is 2.33 bits per heavy atom. The summed E-state index contributed by atoms with van der Waals surface area (Å²) in [4.78, 5) is 14.8.